The quantitative estimate of drug-likeness (QED) is 0.566. The zero-order chi connectivity index (χ0) is 16.9. The van der Waals surface area contributed by atoms with E-state index >= 15 is 0 Å². The van der Waals surface area contributed by atoms with E-state index in [0.29, 0.717) is 12.1 Å². The maximum Gasteiger partial charge on any atom is 0.0406 e. The molecule has 1 heterocycles. The van der Waals surface area contributed by atoms with Crippen LogP contribution in [0.2, 0.25) is 0 Å². The summed E-state index contributed by atoms with van der Waals surface area (Å²) in [6.07, 6.45) is 7.27. The predicted octanol–water partition coefficient (Wildman–Crippen LogP) is 2.28. The smallest absolute Gasteiger partial charge is 0.0406 e. The zero-order valence-electron chi connectivity index (χ0n) is 15.9. The fourth-order valence-electron chi connectivity index (χ4n) is 3.46. The Hall–Kier alpha value is -0.420. The third kappa shape index (κ3) is 8.30. The molecule has 0 bridgehead atoms. The van der Waals surface area contributed by atoms with Crippen molar-refractivity contribution in [2.75, 3.05) is 39.3 Å². The van der Waals surface area contributed by atoms with Gasteiger partial charge in [-0.2, -0.15) is 0 Å². The molecule has 3 atom stereocenters. The van der Waals surface area contributed by atoms with Gasteiger partial charge in [-0.3, -0.25) is 0 Å². The lowest BCUT2D eigenvalue weighted by Crippen LogP contribution is -2.50. The first-order chi connectivity index (χ1) is 11.2. The molecule has 1 fully saturated rings. The highest BCUT2D eigenvalue weighted by molar-refractivity contribution is 5.10. The molecular formula is C19H40N4. The Kier molecular flexibility index (Phi) is 11.6. The Morgan fingerprint density at radius 1 is 1.00 bits per heavy atom. The molecule has 0 aromatic carbocycles. The van der Waals surface area contributed by atoms with Crippen molar-refractivity contribution < 1.29 is 0 Å². The first-order valence-electron chi connectivity index (χ1n) is 9.76. The van der Waals surface area contributed by atoms with Gasteiger partial charge in [0.15, 0.2) is 0 Å². The van der Waals surface area contributed by atoms with Crippen molar-refractivity contribution in [1.29, 1.82) is 0 Å². The van der Waals surface area contributed by atoms with Crippen LogP contribution in [0.3, 0.4) is 0 Å². The van der Waals surface area contributed by atoms with Gasteiger partial charge >= 0.3 is 0 Å². The molecule has 1 rings (SSSR count). The van der Waals surface area contributed by atoms with E-state index in [-0.39, 0.29) is 0 Å². The normalized spacial score (nSPS) is 27.0. The first kappa shape index (κ1) is 20.6. The van der Waals surface area contributed by atoms with Crippen LogP contribution in [-0.4, -0.2) is 51.4 Å². The topological polar surface area (TPSA) is 48.1 Å². The van der Waals surface area contributed by atoms with E-state index in [2.05, 4.69) is 55.0 Å². The summed E-state index contributed by atoms with van der Waals surface area (Å²) in [6.45, 7) is 15.3. The average Bonchev–Trinajstić information content (AvgIpc) is 2.54. The lowest BCUT2D eigenvalue weighted by Gasteiger charge is -2.28. The predicted molar refractivity (Wildman–Crippen MR) is 102 cm³/mol. The average molecular weight is 325 g/mol. The van der Waals surface area contributed by atoms with Crippen molar-refractivity contribution >= 4 is 0 Å². The van der Waals surface area contributed by atoms with Gasteiger partial charge in [-0.05, 0) is 25.7 Å². The lowest BCUT2D eigenvalue weighted by molar-refractivity contribution is 0.333. The second-order valence-electron chi connectivity index (χ2n) is 6.86. The van der Waals surface area contributed by atoms with E-state index in [1.54, 1.807) is 5.57 Å². The Bertz CT molecular complexity index is 316. The molecule has 23 heavy (non-hydrogen) atoms. The van der Waals surface area contributed by atoms with E-state index in [9.17, 15) is 0 Å². The summed E-state index contributed by atoms with van der Waals surface area (Å²) in [4.78, 5) is 0. The van der Waals surface area contributed by atoms with Crippen molar-refractivity contribution in [1.82, 2.24) is 21.3 Å². The molecular weight excluding hydrogens is 284 g/mol. The van der Waals surface area contributed by atoms with Gasteiger partial charge in [-0.1, -0.05) is 45.3 Å². The van der Waals surface area contributed by atoms with Crippen LogP contribution < -0.4 is 21.3 Å². The number of hydrogen-bond donors (Lipinski definition) is 4. The van der Waals surface area contributed by atoms with Crippen LogP contribution in [0, 0.1) is 5.92 Å². The van der Waals surface area contributed by atoms with Gasteiger partial charge in [0.25, 0.3) is 0 Å². The van der Waals surface area contributed by atoms with Crippen molar-refractivity contribution in [3.8, 4) is 0 Å². The van der Waals surface area contributed by atoms with E-state index in [1.807, 2.05) is 0 Å². The molecule has 1 aliphatic heterocycles. The van der Waals surface area contributed by atoms with Crippen LogP contribution in [0.5, 0.6) is 0 Å². The third-order valence-electron chi connectivity index (χ3n) is 4.90. The van der Waals surface area contributed by atoms with Crippen molar-refractivity contribution in [3.05, 3.63) is 11.6 Å². The minimum Gasteiger partial charge on any atom is -0.314 e. The van der Waals surface area contributed by atoms with Gasteiger partial charge in [-0.25, -0.2) is 0 Å². The highest BCUT2D eigenvalue weighted by Crippen LogP contribution is 2.11. The molecule has 136 valence electrons. The SMILES string of the molecule is C/C=C(\CCC)C1CNCCNCC(C(C)CCC)NCCN1. The molecule has 0 spiro atoms. The molecule has 0 aromatic rings. The van der Waals surface area contributed by atoms with Gasteiger partial charge < -0.3 is 21.3 Å². The van der Waals surface area contributed by atoms with Gasteiger partial charge in [0.2, 0.25) is 0 Å². The van der Waals surface area contributed by atoms with E-state index in [0.717, 1.165) is 45.2 Å². The highest BCUT2D eigenvalue weighted by atomic mass is 15.1. The molecule has 0 aromatic heterocycles. The third-order valence-corrected chi connectivity index (χ3v) is 4.90. The summed E-state index contributed by atoms with van der Waals surface area (Å²) in [5.41, 5.74) is 1.54. The van der Waals surface area contributed by atoms with Crippen LogP contribution >= 0.6 is 0 Å². The Labute approximate surface area is 144 Å². The molecule has 3 unspecified atom stereocenters. The number of allylic oxidation sites excluding steroid dienone is 1. The van der Waals surface area contributed by atoms with E-state index < -0.39 is 0 Å². The van der Waals surface area contributed by atoms with Gasteiger partial charge in [-0.15, -0.1) is 0 Å². The molecule has 0 amide bonds. The minimum absolute atomic E-state index is 0.465. The van der Waals surface area contributed by atoms with Gasteiger partial charge in [0.1, 0.15) is 0 Å². The van der Waals surface area contributed by atoms with E-state index in [1.165, 1.54) is 25.7 Å². The highest BCUT2D eigenvalue weighted by Gasteiger charge is 2.17. The standard InChI is InChI=1S/C19H40N4/c1-5-8-16(4)18-14-20-10-11-21-15-19(23-13-12-22-18)17(7-3)9-6-2/h7,16,18-23H,5-6,8-15H2,1-4H3/b17-7+. The lowest BCUT2D eigenvalue weighted by atomic mass is 9.96. The van der Waals surface area contributed by atoms with Crippen molar-refractivity contribution in [2.45, 2.75) is 65.5 Å². The molecule has 1 aliphatic rings. The summed E-state index contributed by atoms with van der Waals surface area (Å²) in [5.74, 6) is 0.727. The summed E-state index contributed by atoms with van der Waals surface area (Å²) in [6, 6.07) is 1.04. The maximum atomic E-state index is 3.77. The number of hydrogen-bond acceptors (Lipinski definition) is 4. The van der Waals surface area contributed by atoms with Gasteiger partial charge in [0, 0.05) is 51.4 Å². The summed E-state index contributed by atoms with van der Waals surface area (Å²) in [7, 11) is 0. The van der Waals surface area contributed by atoms with Crippen LogP contribution in [-0.2, 0) is 0 Å². The fourth-order valence-corrected chi connectivity index (χ4v) is 3.46. The number of rotatable bonds is 6. The van der Waals surface area contributed by atoms with E-state index in [4.69, 9.17) is 0 Å². The van der Waals surface area contributed by atoms with Crippen LogP contribution in [0.15, 0.2) is 11.6 Å². The Morgan fingerprint density at radius 3 is 2.35 bits per heavy atom. The second kappa shape index (κ2) is 12.9. The summed E-state index contributed by atoms with van der Waals surface area (Å²) in [5, 5.41) is 14.7. The minimum atomic E-state index is 0.465. The first-order valence-corrected chi connectivity index (χ1v) is 9.76. The van der Waals surface area contributed by atoms with Crippen LogP contribution in [0.1, 0.15) is 53.4 Å². The van der Waals surface area contributed by atoms with Gasteiger partial charge in [0.05, 0.1) is 0 Å². The Balaban J connectivity index is 2.56. The molecule has 4 heteroatoms. The van der Waals surface area contributed by atoms with Crippen LogP contribution in [0.25, 0.3) is 0 Å². The number of nitrogens with one attached hydrogen (secondary N) is 4. The largest absolute Gasteiger partial charge is 0.314 e. The monoisotopic (exact) mass is 324 g/mol. The van der Waals surface area contributed by atoms with Crippen LogP contribution in [0.4, 0.5) is 0 Å². The van der Waals surface area contributed by atoms with Crippen molar-refractivity contribution in [2.24, 2.45) is 5.92 Å². The molecule has 0 aliphatic carbocycles. The molecule has 4 nitrogen and oxygen atoms in total. The molecule has 1 saturated heterocycles. The fraction of sp³-hybridized carbons (Fsp3) is 0.895. The summed E-state index contributed by atoms with van der Waals surface area (Å²) >= 11 is 0. The molecule has 4 N–H and O–H groups in total. The maximum absolute atomic E-state index is 3.77. The summed E-state index contributed by atoms with van der Waals surface area (Å²) < 4.78 is 0. The van der Waals surface area contributed by atoms with Crippen molar-refractivity contribution in [3.63, 3.8) is 0 Å². The zero-order valence-corrected chi connectivity index (χ0v) is 15.9. The Morgan fingerprint density at radius 2 is 1.70 bits per heavy atom. The molecule has 0 radical (unpaired) electrons. The second-order valence-corrected chi connectivity index (χ2v) is 6.86. The molecule has 0 saturated carbocycles.